The molecular formula is C22H21F3O4S2. The fourth-order valence-corrected chi connectivity index (χ4v) is 8.23. The van der Waals surface area contributed by atoms with E-state index in [-0.39, 0.29) is 0 Å². The van der Waals surface area contributed by atoms with Gasteiger partial charge in [0.2, 0.25) is 0 Å². The fourth-order valence-electron chi connectivity index (χ4n) is 3.32. The van der Waals surface area contributed by atoms with E-state index < -0.39 is 25.9 Å². The van der Waals surface area contributed by atoms with Crippen LogP contribution < -0.4 is 4.74 Å². The average molecular weight is 471 g/mol. The molecule has 3 rings (SSSR count). The zero-order chi connectivity index (χ0) is 22.9. The summed E-state index contributed by atoms with van der Waals surface area (Å²) in [4.78, 5) is 0.949. The maximum Gasteiger partial charge on any atom is 0.524 e. The van der Waals surface area contributed by atoms with Gasteiger partial charge in [-0.25, -0.2) is 0 Å². The zero-order valence-electron chi connectivity index (χ0n) is 17.0. The maximum absolute atomic E-state index is 13.5. The number of alkyl halides is 3. The van der Waals surface area contributed by atoms with E-state index in [4.69, 9.17) is 8.37 Å². The van der Waals surface area contributed by atoms with Crippen LogP contribution in [0.5, 0.6) is 5.75 Å². The summed E-state index contributed by atoms with van der Waals surface area (Å²) in [6.07, 6.45) is 0. The zero-order valence-corrected chi connectivity index (χ0v) is 18.6. The second kappa shape index (κ2) is 8.57. The van der Waals surface area contributed by atoms with Crippen LogP contribution in [0.2, 0.25) is 0 Å². The molecule has 0 aliphatic heterocycles. The first kappa shape index (κ1) is 23.2. The number of methoxy groups -OCH3 is 1. The summed E-state index contributed by atoms with van der Waals surface area (Å²) in [7, 11) is -7.75. The van der Waals surface area contributed by atoms with Gasteiger partial charge in [0.1, 0.15) is 5.75 Å². The summed E-state index contributed by atoms with van der Waals surface area (Å²) >= 11 is 0. The summed E-state index contributed by atoms with van der Waals surface area (Å²) in [6.45, 7) is 3.49. The number of ether oxygens (including phenoxy) is 1. The van der Waals surface area contributed by atoms with Gasteiger partial charge in [-0.2, -0.15) is 25.2 Å². The van der Waals surface area contributed by atoms with Gasteiger partial charge in [-0.05, 0) is 71.7 Å². The summed E-state index contributed by atoms with van der Waals surface area (Å²) in [6, 6.07) is 19.4. The minimum Gasteiger partial charge on any atom is -0.496 e. The van der Waals surface area contributed by atoms with Crippen molar-refractivity contribution < 1.29 is 30.0 Å². The van der Waals surface area contributed by atoms with Crippen molar-refractivity contribution in [1.82, 2.24) is 0 Å². The molecule has 0 atom stereocenters. The lowest BCUT2D eigenvalue weighted by atomic mass is 10.1. The third-order valence-electron chi connectivity index (χ3n) is 4.60. The van der Waals surface area contributed by atoms with Crippen LogP contribution >= 0.6 is 10.3 Å². The van der Waals surface area contributed by atoms with Crippen molar-refractivity contribution in [3.8, 4) is 5.75 Å². The van der Waals surface area contributed by atoms with Gasteiger partial charge in [0.25, 0.3) is 0 Å². The molecule has 0 fully saturated rings. The first-order valence-electron chi connectivity index (χ1n) is 9.14. The molecule has 0 heterocycles. The summed E-state index contributed by atoms with van der Waals surface area (Å²) in [5.74, 6) is 0.567. The molecule has 3 aromatic rings. The first-order chi connectivity index (χ1) is 14.5. The number of hydrogen-bond donors (Lipinski definition) is 0. The summed E-state index contributed by atoms with van der Waals surface area (Å²) in [5.41, 5.74) is -4.28. The van der Waals surface area contributed by atoms with Gasteiger partial charge < -0.3 is 4.74 Å². The normalized spacial score (nSPS) is 13.1. The Balaban J connectivity index is 2.45. The number of benzene rings is 3. The van der Waals surface area contributed by atoms with Crippen molar-refractivity contribution in [3.63, 3.8) is 0 Å². The Morgan fingerprint density at radius 1 is 0.742 bits per heavy atom. The van der Waals surface area contributed by atoms with Crippen LogP contribution in [0.3, 0.4) is 0 Å². The molecule has 4 nitrogen and oxygen atoms in total. The van der Waals surface area contributed by atoms with Crippen LogP contribution in [0.1, 0.15) is 11.1 Å². The monoisotopic (exact) mass is 470 g/mol. The molecule has 3 aromatic carbocycles. The average Bonchev–Trinajstić information content (AvgIpc) is 2.72. The topological polar surface area (TPSA) is 52.6 Å². The molecule has 31 heavy (non-hydrogen) atoms. The van der Waals surface area contributed by atoms with Crippen LogP contribution in [-0.4, -0.2) is 21.0 Å². The first-order valence-corrected chi connectivity index (χ1v) is 12.1. The lowest BCUT2D eigenvalue weighted by molar-refractivity contribution is -0.0496. The quantitative estimate of drug-likeness (QED) is 0.393. The molecule has 166 valence electrons. The molecule has 0 saturated carbocycles. The second-order valence-corrected chi connectivity index (χ2v) is 11.2. The molecule has 0 unspecified atom stereocenters. The Morgan fingerprint density at radius 2 is 1.16 bits per heavy atom. The number of hydrogen-bond acceptors (Lipinski definition) is 4. The van der Waals surface area contributed by atoms with E-state index in [1.165, 1.54) is 7.11 Å². The highest BCUT2D eigenvalue weighted by Crippen LogP contribution is 2.71. The maximum atomic E-state index is 13.5. The van der Waals surface area contributed by atoms with Crippen LogP contribution in [0.15, 0.2) is 87.5 Å². The lowest BCUT2D eigenvalue weighted by Gasteiger charge is -2.40. The fraction of sp³-hybridized carbons (Fsp3) is 0.182. The van der Waals surface area contributed by atoms with Gasteiger partial charge in [0.15, 0.2) is 0 Å². The molecule has 0 aliphatic carbocycles. The van der Waals surface area contributed by atoms with E-state index in [0.29, 0.717) is 31.6 Å². The third kappa shape index (κ3) is 4.30. The number of rotatable bonds is 6. The Bertz CT molecular complexity index is 1100. The van der Waals surface area contributed by atoms with E-state index in [1.54, 1.807) is 86.6 Å². The molecule has 0 spiro atoms. The van der Waals surface area contributed by atoms with Gasteiger partial charge in [-0.3, -0.25) is 0 Å². The minimum atomic E-state index is -5.94. The standard InChI is InChI=1S/C22H21F3O4S2/c1-16-14-20(15-17(2)21(16)28-3)30(18-10-6-4-7-11-18,19-12-8-5-9-13-19)29-31(26,27)22(23,24)25/h4-15H,1-3H3. The second-order valence-electron chi connectivity index (χ2n) is 6.74. The highest BCUT2D eigenvalue weighted by atomic mass is 32.3. The van der Waals surface area contributed by atoms with Crippen LogP contribution in [0.4, 0.5) is 13.2 Å². The van der Waals surface area contributed by atoms with E-state index >= 15 is 0 Å². The largest absolute Gasteiger partial charge is 0.524 e. The molecule has 9 heteroatoms. The van der Waals surface area contributed by atoms with Gasteiger partial charge in [0.05, 0.1) is 7.11 Å². The van der Waals surface area contributed by atoms with Crippen molar-refractivity contribution in [1.29, 1.82) is 0 Å². The smallest absolute Gasteiger partial charge is 0.496 e. The van der Waals surface area contributed by atoms with Crippen LogP contribution in [-0.2, 0) is 13.7 Å². The van der Waals surface area contributed by atoms with Gasteiger partial charge in [-0.15, -0.1) is 0 Å². The minimum absolute atomic E-state index is 0.313. The highest BCUT2D eigenvalue weighted by molar-refractivity contribution is 8.33. The van der Waals surface area contributed by atoms with Gasteiger partial charge in [0, 0.05) is 14.7 Å². The summed E-state index contributed by atoms with van der Waals surface area (Å²) in [5, 5.41) is 0. The molecule has 0 saturated heterocycles. The van der Waals surface area contributed by atoms with E-state index in [1.807, 2.05) is 0 Å². The molecular weight excluding hydrogens is 449 g/mol. The SMILES string of the molecule is COc1c(C)cc(S(OS(=O)(=O)C(F)(F)F)(c2ccccc2)c2ccccc2)cc1C. The van der Waals surface area contributed by atoms with Crippen molar-refractivity contribution in [2.24, 2.45) is 0 Å². The van der Waals surface area contributed by atoms with Crippen molar-refractivity contribution in [2.45, 2.75) is 34.0 Å². The van der Waals surface area contributed by atoms with E-state index in [2.05, 4.69) is 0 Å². The summed E-state index contributed by atoms with van der Waals surface area (Å²) < 4.78 is 75.7. The lowest BCUT2D eigenvalue weighted by Crippen LogP contribution is -2.27. The molecule has 0 amide bonds. The third-order valence-corrected chi connectivity index (χ3v) is 9.47. The van der Waals surface area contributed by atoms with E-state index in [9.17, 15) is 21.6 Å². The van der Waals surface area contributed by atoms with Crippen LogP contribution in [0.25, 0.3) is 0 Å². The Labute approximate surface area is 181 Å². The van der Waals surface area contributed by atoms with E-state index in [0.717, 1.165) is 0 Å². The van der Waals surface area contributed by atoms with Crippen LogP contribution in [0, 0.1) is 13.8 Å². The Morgan fingerprint density at radius 3 is 1.52 bits per heavy atom. The van der Waals surface area contributed by atoms with Gasteiger partial charge in [-0.1, -0.05) is 36.4 Å². The molecule has 0 radical (unpaired) electrons. The van der Waals surface area contributed by atoms with Crippen molar-refractivity contribution >= 4 is 20.4 Å². The Kier molecular flexibility index (Phi) is 6.40. The van der Waals surface area contributed by atoms with Crippen molar-refractivity contribution in [2.75, 3.05) is 7.11 Å². The molecule has 0 aliphatic rings. The molecule has 0 bridgehead atoms. The molecule has 0 N–H and O–H groups in total. The predicted molar refractivity (Wildman–Crippen MR) is 114 cm³/mol. The Hall–Kier alpha value is -2.49. The molecule has 0 aromatic heterocycles. The number of halogens is 3. The predicted octanol–water partition coefficient (Wildman–Crippen LogP) is 6.37. The van der Waals surface area contributed by atoms with Gasteiger partial charge >= 0.3 is 15.6 Å². The van der Waals surface area contributed by atoms with Crippen molar-refractivity contribution in [3.05, 3.63) is 83.9 Å². The number of aryl methyl sites for hydroxylation is 2. The highest BCUT2D eigenvalue weighted by Gasteiger charge is 2.52.